The number of likely N-dealkylation sites (tertiary alicyclic amines) is 1. The Morgan fingerprint density at radius 3 is 2.88 bits per heavy atom. The highest BCUT2D eigenvalue weighted by molar-refractivity contribution is 9.10. The number of aliphatic hydroxyl groups excluding tert-OH is 1. The average molecular weight is 288 g/mol. The van der Waals surface area contributed by atoms with Gasteiger partial charge in [-0.25, -0.2) is 0 Å². The third-order valence-electron chi connectivity index (χ3n) is 3.12. The topological polar surface area (TPSA) is 41.3 Å². The van der Waals surface area contributed by atoms with Crippen LogP contribution in [0.1, 0.15) is 24.2 Å². The van der Waals surface area contributed by atoms with Gasteiger partial charge in [-0.1, -0.05) is 0 Å². The smallest absolute Gasteiger partial charge is 0.0739 e. The van der Waals surface area contributed by atoms with Gasteiger partial charge >= 0.3 is 0 Å². The van der Waals surface area contributed by atoms with Gasteiger partial charge in [-0.2, -0.15) is 5.10 Å². The molecule has 1 aliphatic heterocycles. The highest BCUT2D eigenvalue weighted by atomic mass is 79.9. The lowest BCUT2D eigenvalue weighted by molar-refractivity contribution is 0.0655. The van der Waals surface area contributed by atoms with E-state index in [4.69, 9.17) is 0 Å². The Morgan fingerprint density at radius 1 is 1.56 bits per heavy atom. The van der Waals surface area contributed by atoms with Gasteiger partial charge in [0.15, 0.2) is 0 Å². The standard InChI is InChI=1S/C11H18BrN3O/c1-8-11(12)10(14(2)13-8)7-15-5-3-4-9(16)6-15/h9,16H,3-7H2,1-2H3. The second kappa shape index (κ2) is 4.85. The minimum Gasteiger partial charge on any atom is -0.392 e. The molecule has 0 radical (unpaired) electrons. The Balaban J connectivity index is 2.08. The Labute approximate surface area is 104 Å². The first-order chi connectivity index (χ1) is 7.58. The van der Waals surface area contributed by atoms with Crippen molar-refractivity contribution in [2.24, 2.45) is 7.05 Å². The molecule has 1 N–H and O–H groups in total. The van der Waals surface area contributed by atoms with E-state index in [1.165, 1.54) is 5.69 Å². The first kappa shape index (κ1) is 12.1. The van der Waals surface area contributed by atoms with Crippen LogP contribution in [0.5, 0.6) is 0 Å². The minimum absolute atomic E-state index is 0.165. The number of β-amino-alcohol motifs (C(OH)–C–C–N with tert-alkyl or cyclic N) is 1. The van der Waals surface area contributed by atoms with Gasteiger partial charge in [-0.15, -0.1) is 0 Å². The van der Waals surface area contributed by atoms with Gasteiger partial charge in [0.2, 0.25) is 0 Å². The molecule has 5 heteroatoms. The van der Waals surface area contributed by atoms with Crippen LogP contribution in [0.15, 0.2) is 4.47 Å². The molecule has 0 aromatic carbocycles. The second-order valence-electron chi connectivity index (χ2n) is 4.50. The molecular weight excluding hydrogens is 270 g/mol. The molecule has 2 heterocycles. The number of hydrogen-bond acceptors (Lipinski definition) is 3. The van der Waals surface area contributed by atoms with Crippen molar-refractivity contribution < 1.29 is 5.11 Å². The fraction of sp³-hybridized carbons (Fsp3) is 0.727. The van der Waals surface area contributed by atoms with Crippen LogP contribution in [0.2, 0.25) is 0 Å². The second-order valence-corrected chi connectivity index (χ2v) is 5.29. The van der Waals surface area contributed by atoms with E-state index in [0.717, 1.165) is 42.6 Å². The zero-order chi connectivity index (χ0) is 11.7. The first-order valence-corrected chi connectivity index (χ1v) is 6.45. The summed E-state index contributed by atoms with van der Waals surface area (Å²) in [4.78, 5) is 2.29. The molecule has 1 aliphatic rings. The zero-order valence-corrected chi connectivity index (χ0v) is 11.4. The molecular formula is C11H18BrN3O. The summed E-state index contributed by atoms with van der Waals surface area (Å²) >= 11 is 3.57. The number of halogens is 1. The van der Waals surface area contributed by atoms with Crippen LogP contribution in [0.3, 0.4) is 0 Å². The number of piperidine rings is 1. The first-order valence-electron chi connectivity index (χ1n) is 5.66. The molecule has 1 unspecified atom stereocenters. The van der Waals surface area contributed by atoms with E-state index in [-0.39, 0.29) is 6.10 Å². The van der Waals surface area contributed by atoms with Crippen LogP contribution in [-0.2, 0) is 13.6 Å². The van der Waals surface area contributed by atoms with E-state index >= 15 is 0 Å². The predicted molar refractivity (Wildman–Crippen MR) is 66.2 cm³/mol. The molecule has 1 aromatic rings. The van der Waals surface area contributed by atoms with Crippen LogP contribution >= 0.6 is 15.9 Å². The number of aromatic nitrogens is 2. The largest absolute Gasteiger partial charge is 0.392 e. The molecule has 2 rings (SSSR count). The van der Waals surface area contributed by atoms with E-state index < -0.39 is 0 Å². The summed E-state index contributed by atoms with van der Waals surface area (Å²) in [6.07, 6.45) is 1.85. The van der Waals surface area contributed by atoms with Crippen LogP contribution in [0, 0.1) is 6.92 Å². The Morgan fingerprint density at radius 2 is 2.31 bits per heavy atom. The van der Waals surface area contributed by atoms with E-state index in [1.54, 1.807) is 0 Å². The maximum atomic E-state index is 9.63. The molecule has 0 bridgehead atoms. The maximum Gasteiger partial charge on any atom is 0.0739 e. The normalized spacial score (nSPS) is 22.6. The monoisotopic (exact) mass is 287 g/mol. The van der Waals surface area contributed by atoms with Crippen molar-refractivity contribution in [2.45, 2.75) is 32.4 Å². The zero-order valence-electron chi connectivity index (χ0n) is 9.78. The maximum absolute atomic E-state index is 9.63. The van der Waals surface area contributed by atoms with Gasteiger partial charge in [0.05, 0.1) is 22.0 Å². The van der Waals surface area contributed by atoms with Gasteiger partial charge < -0.3 is 5.11 Å². The summed E-state index contributed by atoms with van der Waals surface area (Å²) in [5.41, 5.74) is 2.21. The van der Waals surface area contributed by atoms with Crippen molar-refractivity contribution in [1.29, 1.82) is 0 Å². The van der Waals surface area contributed by atoms with E-state index in [2.05, 4.69) is 25.9 Å². The van der Waals surface area contributed by atoms with Crippen molar-refractivity contribution in [3.8, 4) is 0 Å². The van der Waals surface area contributed by atoms with Crippen molar-refractivity contribution in [3.63, 3.8) is 0 Å². The molecule has 1 atom stereocenters. The number of nitrogens with zero attached hydrogens (tertiary/aromatic N) is 3. The van der Waals surface area contributed by atoms with Crippen molar-refractivity contribution >= 4 is 15.9 Å². The van der Waals surface area contributed by atoms with Crippen LogP contribution in [-0.4, -0.2) is 39.0 Å². The molecule has 16 heavy (non-hydrogen) atoms. The molecule has 4 nitrogen and oxygen atoms in total. The van der Waals surface area contributed by atoms with Crippen LogP contribution < -0.4 is 0 Å². The Kier molecular flexibility index (Phi) is 3.66. The molecule has 0 spiro atoms. The third kappa shape index (κ3) is 2.47. The number of rotatable bonds is 2. The summed E-state index contributed by atoms with van der Waals surface area (Å²) in [5, 5.41) is 14.0. The predicted octanol–water partition coefficient (Wildman–Crippen LogP) is 1.45. The highest BCUT2D eigenvalue weighted by Gasteiger charge is 2.20. The fourth-order valence-electron chi connectivity index (χ4n) is 2.24. The van der Waals surface area contributed by atoms with Gasteiger partial charge in [0, 0.05) is 20.1 Å². The van der Waals surface area contributed by atoms with Gasteiger partial charge in [0.1, 0.15) is 0 Å². The molecule has 0 aliphatic carbocycles. The van der Waals surface area contributed by atoms with Crippen molar-refractivity contribution in [3.05, 3.63) is 15.9 Å². The molecule has 0 saturated carbocycles. The average Bonchev–Trinajstić information content (AvgIpc) is 2.45. The lowest BCUT2D eigenvalue weighted by Crippen LogP contribution is -2.38. The molecule has 1 saturated heterocycles. The van der Waals surface area contributed by atoms with Gasteiger partial charge in [-0.05, 0) is 42.2 Å². The quantitative estimate of drug-likeness (QED) is 0.895. The summed E-state index contributed by atoms with van der Waals surface area (Å²) in [6.45, 7) is 4.69. The Hall–Kier alpha value is -0.390. The SMILES string of the molecule is Cc1nn(C)c(CN2CCCC(O)C2)c1Br. The van der Waals surface area contributed by atoms with Gasteiger partial charge in [0.25, 0.3) is 0 Å². The number of aliphatic hydroxyl groups is 1. The molecule has 90 valence electrons. The van der Waals surface area contributed by atoms with E-state index in [1.807, 2.05) is 18.7 Å². The molecule has 1 aromatic heterocycles. The summed E-state index contributed by atoms with van der Waals surface area (Å²) in [7, 11) is 1.97. The lowest BCUT2D eigenvalue weighted by atomic mass is 10.1. The Bertz CT molecular complexity index is 378. The van der Waals surface area contributed by atoms with Crippen LogP contribution in [0.4, 0.5) is 0 Å². The fourth-order valence-corrected chi connectivity index (χ4v) is 2.70. The van der Waals surface area contributed by atoms with Crippen molar-refractivity contribution in [2.75, 3.05) is 13.1 Å². The summed E-state index contributed by atoms with van der Waals surface area (Å²) < 4.78 is 3.01. The molecule has 1 fully saturated rings. The number of hydrogen-bond donors (Lipinski definition) is 1. The highest BCUT2D eigenvalue weighted by Crippen LogP contribution is 2.23. The van der Waals surface area contributed by atoms with E-state index in [0.29, 0.717) is 0 Å². The van der Waals surface area contributed by atoms with E-state index in [9.17, 15) is 5.11 Å². The summed E-state index contributed by atoms with van der Waals surface area (Å²) in [5.74, 6) is 0. The number of aryl methyl sites for hydroxylation is 2. The third-order valence-corrected chi connectivity index (χ3v) is 4.15. The minimum atomic E-state index is -0.165. The lowest BCUT2D eigenvalue weighted by Gasteiger charge is -2.29. The van der Waals surface area contributed by atoms with Gasteiger partial charge in [-0.3, -0.25) is 9.58 Å². The van der Waals surface area contributed by atoms with Crippen molar-refractivity contribution in [1.82, 2.24) is 14.7 Å². The summed E-state index contributed by atoms with van der Waals surface area (Å²) in [6, 6.07) is 0. The van der Waals surface area contributed by atoms with Crippen LogP contribution in [0.25, 0.3) is 0 Å². The molecule has 0 amide bonds.